The summed E-state index contributed by atoms with van der Waals surface area (Å²) < 4.78 is 33.6. The highest BCUT2D eigenvalue weighted by Crippen LogP contribution is 2.23. The van der Waals surface area contributed by atoms with Gasteiger partial charge in [0.05, 0.1) is 29.7 Å². The lowest BCUT2D eigenvalue weighted by atomic mass is 10.0. The molecule has 1 N–H and O–H groups in total. The molecular formula is C20H23N3O3S. The van der Waals surface area contributed by atoms with Crippen LogP contribution in [-0.4, -0.2) is 46.2 Å². The summed E-state index contributed by atoms with van der Waals surface area (Å²) in [6, 6.07) is 16.1. The minimum absolute atomic E-state index is 0.0802. The van der Waals surface area contributed by atoms with Gasteiger partial charge in [0.15, 0.2) is 0 Å². The van der Waals surface area contributed by atoms with Crippen LogP contribution in [0.4, 0.5) is 0 Å². The highest BCUT2D eigenvalue weighted by atomic mass is 32.2. The number of sulfonamides is 1. The maximum absolute atomic E-state index is 12.7. The van der Waals surface area contributed by atoms with Gasteiger partial charge in [-0.15, -0.1) is 0 Å². The number of nitrogens with one attached hydrogen (secondary N) is 1. The smallest absolute Gasteiger partial charge is 0.240 e. The molecule has 1 atom stereocenters. The van der Waals surface area contributed by atoms with Crippen LogP contribution in [0, 0.1) is 18.3 Å². The predicted octanol–water partition coefficient (Wildman–Crippen LogP) is 2.22. The van der Waals surface area contributed by atoms with Gasteiger partial charge < -0.3 is 4.74 Å². The largest absolute Gasteiger partial charge is 0.379 e. The Labute approximate surface area is 160 Å². The van der Waals surface area contributed by atoms with E-state index in [2.05, 4.69) is 9.62 Å². The lowest BCUT2D eigenvalue weighted by Crippen LogP contribution is -2.43. The summed E-state index contributed by atoms with van der Waals surface area (Å²) in [5.74, 6) is 0. The van der Waals surface area contributed by atoms with Gasteiger partial charge in [0.25, 0.3) is 0 Å². The fraction of sp³-hybridized carbons (Fsp3) is 0.350. The fourth-order valence-electron chi connectivity index (χ4n) is 3.14. The van der Waals surface area contributed by atoms with Crippen molar-refractivity contribution < 1.29 is 13.2 Å². The highest BCUT2D eigenvalue weighted by Gasteiger charge is 2.25. The number of aryl methyl sites for hydroxylation is 1. The summed E-state index contributed by atoms with van der Waals surface area (Å²) in [5, 5.41) is 9.00. The molecule has 0 saturated carbocycles. The maximum atomic E-state index is 12.7. The van der Waals surface area contributed by atoms with E-state index in [-0.39, 0.29) is 17.5 Å². The van der Waals surface area contributed by atoms with E-state index in [9.17, 15) is 8.42 Å². The molecule has 2 aromatic carbocycles. The molecule has 0 spiro atoms. The lowest BCUT2D eigenvalue weighted by Gasteiger charge is -2.35. The number of nitriles is 1. The monoisotopic (exact) mass is 385 g/mol. The average Bonchev–Trinajstić information content (AvgIpc) is 2.70. The molecule has 6 nitrogen and oxygen atoms in total. The normalized spacial score (nSPS) is 16.6. The van der Waals surface area contributed by atoms with Crippen LogP contribution in [0.1, 0.15) is 22.7 Å². The third-order valence-electron chi connectivity index (χ3n) is 4.69. The molecule has 1 heterocycles. The Kier molecular flexibility index (Phi) is 6.24. The van der Waals surface area contributed by atoms with Gasteiger partial charge in [-0.1, -0.05) is 35.9 Å². The first kappa shape index (κ1) is 19.5. The minimum Gasteiger partial charge on any atom is -0.379 e. The zero-order chi connectivity index (χ0) is 19.3. The summed E-state index contributed by atoms with van der Waals surface area (Å²) in [6.45, 7) is 5.06. The third-order valence-corrected chi connectivity index (χ3v) is 6.11. The van der Waals surface area contributed by atoms with E-state index in [4.69, 9.17) is 10.00 Å². The van der Waals surface area contributed by atoms with Gasteiger partial charge in [-0.05, 0) is 30.7 Å². The summed E-state index contributed by atoms with van der Waals surface area (Å²) in [7, 11) is -3.70. The van der Waals surface area contributed by atoms with Crippen molar-refractivity contribution in [2.24, 2.45) is 0 Å². The van der Waals surface area contributed by atoms with Crippen LogP contribution in [0.15, 0.2) is 53.4 Å². The summed E-state index contributed by atoms with van der Waals surface area (Å²) >= 11 is 0. The molecule has 3 rings (SSSR count). The SMILES string of the molecule is Cc1ccc(C(CNS(=O)(=O)c2cccc(C#N)c2)N2CCOCC2)cc1. The Morgan fingerprint density at radius 2 is 1.89 bits per heavy atom. The molecule has 0 radical (unpaired) electrons. The van der Waals surface area contributed by atoms with Crippen LogP contribution >= 0.6 is 0 Å². The zero-order valence-electron chi connectivity index (χ0n) is 15.3. The van der Waals surface area contributed by atoms with Gasteiger partial charge in [0.1, 0.15) is 0 Å². The van der Waals surface area contributed by atoms with Gasteiger partial charge in [-0.3, -0.25) is 4.90 Å². The van der Waals surface area contributed by atoms with Gasteiger partial charge in [0, 0.05) is 25.7 Å². The molecule has 7 heteroatoms. The molecule has 1 aliphatic heterocycles. The van der Waals surface area contributed by atoms with E-state index in [1.165, 1.54) is 12.1 Å². The number of rotatable bonds is 6. The van der Waals surface area contributed by atoms with Crippen molar-refractivity contribution in [3.63, 3.8) is 0 Å². The standard InChI is InChI=1S/C20H23N3O3S/c1-16-5-7-18(8-6-16)20(23-9-11-26-12-10-23)15-22-27(24,25)19-4-2-3-17(13-19)14-21/h2-8,13,20,22H,9-12,15H2,1H3. The van der Waals surface area contributed by atoms with E-state index < -0.39 is 10.0 Å². The van der Waals surface area contributed by atoms with Crippen molar-refractivity contribution in [3.05, 3.63) is 65.2 Å². The second-order valence-electron chi connectivity index (χ2n) is 6.57. The molecule has 1 fully saturated rings. The van der Waals surface area contributed by atoms with Crippen LogP contribution in [0.3, 0.4) is 0 Å². The molecule has 0 amide bonds. The van der Waals surface area contributed by atoms with E-state index in [0.717, 1.165) is 24.2 Å². The Morgan fingerprint density at radius 3 is 2.56 bits per heavy atom. The van der Waals surface area contributed by atoms with E-state index in [1.54, 1.807) is 12.1 Å². The van der Waals surface area contributed by atoms with E-state index >= 15 is 0 Å². The second kappa shape index (κ2) is 8.63. The summed E-state index contributed by atoms with van der Waals surface area (Å²) in [4.78, 5) is 2.34. The Morgan fingerprint density at radius 1 is 1.19 bits per heavy atom. The molecule has 1 saturated heterocycles. The first-order valence-corrected chi connectivity index (χ1v) is 10.4. The summed E-state index contributed by atoms with van der Waals surface area (Å²) in [5.41, 5.74) is 2.55. The second-order valence-corrected chi connectivity index (χ2v) is 8.33. The molecule has 1 unspecified atom stereocenters. The maximum Gasteiger partial charge on any atom is 0.240 e. The predicted molar refractivity (Wildman–Crippen MR) is 103 cm³/mol. The molecule has 27 heavy (non-hydrogen) atoms. The van der Waals surface area contributed by atoms with Crippen molar-refractivity contribution in [3.8, 4) is 6.07 Å². The van der Waals surface area contributed by atoms with Crippen molar-refractivity contribution in [1.82, 2.24) is 9.62 Å². The van der Waals surface area contributed by atoms with Crippen molar-refractivity contribution >= 4 is 10.0 Å². The lowest BCUT2D eigenvalue weighted by molar-refractivity contribution is 0.0172. The Bertz CT molecular complexity index is 914. The fourth-order valence-corrected chi connectivity index (χ4v) is 4.22. The number of morpholine rings is 1. The van der Waals surface area contributed by atoms with Crippen molar-refractivity contribution in [1.29, 1.82) is 5.26 Å². The van der Waals surface area contributed by atoms with Crippen LogP contribution < -0.4 is 4.72 Å². The molecule has 142 valence electrons. The average molecular weight is 385 g/mol. The molecule has 1 aliphatic rings. The molecule has 0 aliphatic carbocycles. The van der Waals surface area contributed by atoms with Gasteiger partial charge in [-0.25, -0.2) is 13.1 Å². The Hall–Kier alpha value is -2.24. The molecule has 0 aromatic heterocycles. The van der Waals surface area contributed by atoms with Crippen LogP contribution in [-0.2, 0) is 14.8 Å². The van der Waals surface area contributed by atoms with Gasteiger partial charge in [-0.2, -0.15) is 5.26 Å². The van der Waals surface area contributed by atoms with Gasteiger partial charge in [0.2, 0.25) is 10.0 Å². The zero-order valence-corrected chi connectivity index (χ0v) is 16.1. The third kappa shape index (κ3) is 4.93. The number of nitrogens with zero attached hydrogens (tertiary/aromatic N) is 2. The van der Waals surface area contributed by atoms with Gasteiger partial charge >= 0.3 is 0 Å². The quantitative estimate of drug-likeness (QED) is 0.824. The van der Waals surface area contributed by atoms with E-state index in [0.29, 0.717) is 18.8 Å². The van der Waals surface area contributed by atoms with Crippen molar-refractivity contribution in [2.75, 3.05) is 32.8 Å². The highest BCUT2D eigenvalue weighted by molar-refractivity contribution is 7.89. The number of benzene rings is 2. The summed E-state index contributed by atoms with van der Waals surface area (Å²) in [6.07, 6.45) is 0. The Balaban J connectivity index is 1.81. The first-order valence-electron chi connectivity index (χ1n) is 8.88. The minimum atomic E-state index is -3.70. The number of hydrogen-bond donors (Lipinski definition) is 1. The van der Waals surface area contributed by atoms with Crippen molar-refractivity contribution in [2.45, 2.75) is 17.9 Å². The van der Waals surface area contributed by atoms with Crippen LogP contribution in [0.2, 0.25) is 0 Å². The van der Waals surface area contributed by atoms with E-state index in [1.807, 2.05) is 37.3 Å². The first-order chi connectivity index (χ1) is 13.0. The topological polar surface area (TPSA) is 82.4 Å². The van der Waals surface area contributed by atoms with Crippen LogP contribution in [0.5, 0.6) is 0 Å². The molecule has 0 bridgehead atoms. The number of ether oxygens (including phenoxy) is 1. The molecule has 2 aromatic rings. The number of hydrogen-bond acceptors (Lipinski definition) is 5. The molecular weight excluding hydrogens is 362 g/mol. The van der Waals surface area contributed by atoms with Crippen LogP contribution in [0.25, 0.3) is 0 Å².